The minimum Gasteiger partial charge on any atom is -0.489 e. The Hall–Kier alpha value is -2.66. The lowest BCUT2D eigenvalue weighted by atomic mass is 10.1. The smallest absolute Gasteiger partial charge is 0.355 e. The molecule has 1 heterocycles. The highest BCUT2D eigenvalue weighted by Crippen LogP contribution is 2.28. The van der Waals surface area contributed by atoms with Crippen molar-refractivity contribution in [2.45, 2.75) is 20.5 Å². The molecular formula is C19H17NO3S. The van der Waals surface area contributed by atoms with Gasteiger partial charge in [-0.3, -0.25) is 0 Å². The normalized spacial score (nSPS) is 10.6. The highest BCUT2D eigenvalue weighted by molar-refractivity contribution is 7.13. The van der Waals surface area contributed by atoms with E-state index in [1.54, 1.807) is 5.38 Å². The first kappa shape index (κ1) is 16.2. The van der Waals surface area contributed by atoms with Gasteiger partial charge in [-0.25, -0.2) is 9.78 Å². The van der Waals surface area contributed by atoms with Gasteiger partial charge in [0, 0.05) is 10.9 Å². The predicted molar refractivity (Wildman–Crippen MR) is 94.8 cm³/mol. The molecule has 1 aromatic heterocycles. The molecule has 0 radical (unpaired) electrons. The van der Waals surface area contributed by atoms with Gasteiger partial charge in [-0.2, -0.15) is 0 Å². The van der Waals surface area contributed by atoms with Crippen LogP contribution >= 0.6 is 11.3 Å². The zero-order valence-electron chi connectivity index (χ0n) is 13.4. The molecule has 0 fully saturated rings. The SMILES string of the molecule is Cc1cc(C)cc(OCc2ccccc2-c2nc(C(=O)O)cs2)c1. The molecule has 4 nitrogen and oxygen atoms in total. The van der Waals surface area contributed by atoms with Crippen molar-refractivity contribution < 1.29 is 14.6 Å². The number of carboxylic acids is 1. The number of rotatable bonds is 5. The Labute approximate surface area is 144 Å². The minimum absolute atomic E-state index is 0.0695. The first-order valence-corrected chi connectivity index (χ1v) is 8.39. The van der Waals surface area contributed by atoms with Crippen LogP contribution in [0.5, 0.6) is 5.75 Å². The van der Waals surface area contributed by atoms with Crippen LogP contribution in [0.15, 0.2) is 47.8 Å². The Kier molecular flexibility index (Phi) is 4.62. The van der Waals surface area contributed by atoms with Crippen molar-refractivity contribution in [2.75, 3.05) is 0 Å². The number of hydrogen-bond acceptors (Lipinski definition) is 4. The summed E-state index contributed by atoms with van der Waals surface area (Å²) >= 11 is 1.32. The summed E-state index contributed by atoms with van der Waals surface area (Å²) in [5.74, 6) is -0.186. The minimum atomic E-state index is -1.01. The molecule has 5 heteroatoms. The zero-order valence-corrected chi connectivity index (χ0v) is 14.3. The van der Waals surface area contributed by atoms with E-state index in [4.69, 9.17) is 9.84 Å². The molecule has 0 saturated heterocycles. The number of benzene rings is 2. The van der Waals surface area contributed by atoms with Crippen LogP contribution in [-0.2, 0) is 6.61 Å². The Morgan fingerprint density at radius 3 is 2.54 bits per heavy atom. The largest absolute Gasteiger partial charge is 0.489 e. The lowest BCUT2D eigenvalue weighted by molar-refractivity contribution is 0.0691. The average Bonchev–Trinajstić information content (AvgIpc) is 3.02. The summed E-state index contributed by atoms with van der Waals surface area (Å²) in [6, 6.07) is 13.9. The molecule has 0 aliphatic carbocycles. The highest BCUT2D eigenvalue weighted by atomic mass is 32.1. The number of ether oxygens (including phenoxy) is 1. The fourth-order valence-electron chi connectivity index (χ4n) is 2.53. The van der Waals surface area contributed by atoms with Crippen LogP contribution in [0.2, 0.25) is 0 Å². The number of thiazole rings is 1. The summed E-state index contributed by atoms with van der Waals surface area (Å²) in [6.45, 7) is 4.48. The molecule has 0 atom stereocenters. The summed E-state index contributed by atoms with van der Waals surface area (Å²) in [5.41, 5.74) is 4.26. The standard InChI is InChI=1S/C19H17NO3S/c1-12-7-13(2)9-15(8-12)23-10-14-5-3-4-6-16(14)18-20-17(11-24-18)19(21)22/h3-9,11H,10H2,1-2H3,(H,21,22). The molecule has 0 spiro atoms. The number of nitrogens with zero attached hydrogens (tertiary/aromatic N) is 1. The van der Waals surface area contributed by atoms with Gasteiger partial charge in [0.1, 0.15) is 17.4 Å². The van der Waals surface area contributed by atoms with Crippen LogP contribution in [0.1, 0.15) is 27.2 Å². The Morgan fingerprint density at radius 1 is 1.17 bits per heavy atom. The van der Waals surface area contributed by atoms with Crippen LogP contribution in [0, 0.1) is 13.8 Å². The highest BCUT2D eigenvalue weighted by Gasteiger charge is 2.13. The number of aromatic nitrogens is 1. The molecule has 0 aliphatic heterocycles. The third kappa shape index (κ3) is 3.63. The van der Waals surface area contributed by atoms with Crippen molar-refractivity contribution in [1.29, 1.82) is 0 Å². The number of aromatic carboxylic acids is 1. The van der Waals surface area contributed by atoms with Gasteiger partial charge in [0.2, 0.25) is 0 Å². The zero-order chi connectivity index (χ0) is 17.1. The molecule has 0 aliphatic rings. The van der Waals surface area contributed by atoms with Gasteiger partial charge >= 0.3 is 5.97 Å². The molecule has 0 amide bonds. The summed E-state index contributed by atoms with van der Waals surface area (Å²) in [6.07, 6.45) is 0. The van der Waals surface area contributed by atoms with Crippen LogP contribution < -0.4 is 4.74 Å². The second-order valence-electron chi connectivity index (χ2n) is 5.61. The first-order valence-electron chi connectivity index (χ1n) is 7.51. The lowest BCUT2D eigenvalue weighted by Gasteiger charge is -2.11. The van der Waals surface area contributed by atoms with E-state index in [9.17, 15) is 4.79 Å². The maximum absolute atomic E-state index is 11.0. The molecule has 0 unspecified atom stereocenters. The fourth-order valence-corrected chi connectivity index (χ4v) is 3.38. The molecule has 0 saturated carbocycles. The van der Waals surface area contributed by atoms with E-state index in [2.05, 4.69) is 11.1 Å². The Morgan fingerprint density at radius 2 is 1.88 bits per heavy atom. The average molecular weight is 339 g/mol. The van der Waals surface area contributed by atoms with E-state index in [1.165, 1.54) is 11.3 Å². The van der Waals surface area contributed by atoms with E-state index >= 15 is 0 Å². The van der Waals surface area contributed by atoms with Gasteiger partial charge in [0.15, 0.2) is 5.69 Å². The number of aryl methyl sites for hydroxylation is 2. The van der Waals surface area contributed by atoms with Crippen molar-refractivity contribution in [3.05, 3.63) is 70.2 Å². The van der Waals surface area contributed by atoms with E-state index in [0.717, 1.165) is 28.0 Å². The van der Waals surface area contributed by atoms with Crippen molar-refractivity contribution in [2.24, 2.45) is 0 Å². The van der Waals surface area contributed by atoms with Gasteiger partial charge in [-0.1, -0.05) is 30.3 Å². The van der Waals surface area contributed by atoms with E-state index < -0.39 is 5.97 Å². The van der Waals surface area contributed by atoms with Crippen molar-refractivity contribution in [1.82, 2.24) is 4.98 Å². The fraction of sp³-hybridized carbons (Fsp3) is 0.158. The predicted octanol–water partition coefficient (Wildman–Crippen LogP) is 4.70. The van der Waals surface area contributed by atoms with Crippen LogP contribution in [0.4, 0.5) is 0 Å². The lowest BCUT2D eigenvalue weighted by Crippen LogP contribution is -1.99. The Bertz CT molecular complexity index is 866. The van der Waals surface area contributed by atoms with E-state index in [-0.39, 0.29) is 5.69 Å². The molecule has 2 aromatic carbocycles. The van der Waals surface area contributed by atoms with Gasteiger partial charge in [-0.15, -0.1) is 11.3 Å². The molecule has 3 rings (SSSR count). The maximum atomic E-state index is 11.0. The third-order valence-electron chi connectivity index (χ3n) is 3.56. The summed E-state index contributed by atoms with van der Waals surface area (Å²) in [5, 5.41) is 11.3. The van der Waals surface area contributed by atoms with Gasteiger partial charge in [0.05, 0.1) is 0 Å². The molecule has 122 valence electrons. The number of hydrogen-bond donors (Lipinski definition) is 1. The molecular weight excluding hydrogens is 322 g/mol. The second kappa shape index (κ2) is 6.84. The van der Waals surface area contributed by atoms with Gasteiger partial charge < -0.3 is 9.84 Å². The molecule has 0 bridgehead atoms. The van der Waals surface area contributed by atoms with E-state index in [1.807, 2.05) is 50.2 Å². The van der Waals surface area contributed by atoms with Crippen molar-refractivity contribution in [3.8, 4) is 16.3 Å². The molecule has 3 aromatic rings. The maximum Gasteiger partial charge on any atom is 0.355 e. The van der Waals surface area contributed by atoms with Crippen LogP contribution in [0.25, 0.3) is 10.6 Å². The van der Waals surface area contributed by atoms with Crippen molar-refractivity contribution in [3.63, 3.8) is 0 Å². The summed E-state index contributed by atoms with van der Waals surface area (Å²) < 4.78 is 5.93. The first-order chi connectivity index (χ1) is 11.5. The van der Waals surface area contributed by atoms with Gasteiger partial charge in [-0.05, 0) is 42.7 Å². The molecule has 1 N–H and O–H groups in total. The van der Waals surface area contributed by atoms with Crippen LogP contribution in [-0.4, -0.2) is 16.1 Å². The Balaban J connectivity index is 1.85. The van der Waals surface area contributed by atoms with Crippen LogP contribution in [0.3, 0.4) is 0 Å². The van der Waals surface area contributed by atoms with Crippen molar-refractivity contribution >= 4 is 17.3 Å². The summed E-state index contributed by atoms with van der Waals surface area (Å²) in [7, 11) is 0. The topological polar surface area (TPSA) is 59.4 Å². The third-order valence-corrected chi connectivity index (χ3v) is 4.44. The summed E-state index contributed by atoms with van der Waals surface area (Å²) in [4.78, 5) is 15.2. The van der Waals surface area contributed by atoms with E-state index in [0.29, 0.717) is 11.6 Å². The van der Waals surface area contributed by atoms with Gasteiger partial charge in [0.25, 0.3) is 0 Å². The molecule has 24 heavy (non-hydrogen) atoms. The second-order valence-corrected chi connectivity index (χ2v) is 6.47. The monoisotopic (exact) mass is 339 g/mol. The number of carboxylic acid groups (broad SMARTS) is 1. The quantitative estimate of drug-likeness (QED) is 0.732. The number of carbonyl (C=O) groups is 1.